The van der Waals surface area contributed by atoms with E-state index in [0.29, 0.717) is 36.0 Å². The van der Waals surface area contributed by atoms with Crippen LogP contribution in [0.2, 0.25) is 0 Å². The van der Waals surface area contributed by atoms with Gasteiger partial charge in [-0.2, -0.15) is 0 Å². The number of methoxy groups -OCH3 is 2. The van der Waals surface area contributed by atoms with Gasteiger partial charge in [0, 0.05) is 18.7 Å². The van der Waals surface area contributed by atoms with Gasteiger partial charge in [-0.05, 0) is 41.5 Å². The van der Waals surface area contributed by atoms with E-state index >= 15 is 0 Å². The molecule has 6 heteroatoms. The van der Waals surface area contributed by atoms with Gasteiger partial charge in [0.05, 0.1) is 20.1 Å². The molecule has 0 saturated carbocycles. The summed E-state index contributed by atoms with van der Waals surface area (Å²) in [5.41, 5.74) is 2.49. The van der Waals surface area contributed by atoms with Crippen LogP contribution in [0.5, 0.6) is 23.0 Å². The molecule has 3 aromatic carbocycles. The van der Waals surface area contributed by atoms with Crippen molar-refractivity contribution < 1.29 is 28.8 Å². The van der Waals surface area contributed by atoms with Crippen LogP contribution in [0.1, 0.15) is 5.56 Å². The average Bonchev–Trinajstić information content (AvgIpc) is 2.73. The second kappa shape index (κ2) is 10.3. The molecule has 0 unspecified atom stereocenters. The predicted octanol–water partition coefficient (Wildman–Crippen LogP) is 4.81. The number of para-hydroxylation sites is 1. The lowest BCUT2D eigenvalue weighted by Crippen LogP contribution is -2.06. The van der Waals surface area contributed by atoms with Gasteiger partial charge in [-0.15, -0.1) is 0 Å². The molecule has 156 valence electrons. The highest BCUT2D eigenvalue weighted by Crippen LogP contribution is 2.34. The zero-order valence-corrected chi connectivity index (χ0v) is 17.0. The van der Waals surface area contributed by atoms with E-state index < -0.39 is 5.97 Å². The number of rotatable bonds is 10. The number of carboxylic acids is 1. The van der Waals surface area contributed by atoms with E-state index in [2.05, 4.69) is 0 Å². The van der Waals surface area contributed by atoms with Crippen molar-refractivity contribution in [3.8, 4) is 34.1 Å². The van der Waals surface area contributed by atoms with Gasteiger partial charge in [-0.25, -0.2) is 0 Å². The lowest BCUT2D eigenvalue weighted by molar-refractivity contribution is -0.136. The Morgan fingerprint density at radius 2 is 1.67 bits per heavy atom. The quantitative estimate of drug-likeness (QED) is 0.486. The van der Waals surface area contributed by atoms with E-state index in [1.54, 1.807) is 32.4 Å². The average molecular weight is 408 g/mol. The fraction of sp³-hybridized carbons (Fsp3) is 0.208. The number of carboxylic acid groups (broad SMARTS) is 1. The van der Waals surface area contributed by atoms with Crippen LogP contribution in [0.15, 0.2) is 66.7 Å². The van der Waals surface area contributed by atoms with Crippen LogP contribution in [0.3, 0.4) is 0 Å². The third kappa shape index (κ3) is 5.75. The summed E-state index contributed by atoms with van der Waals surface area (Å²) in [5, 5.41) is 9.15. The van der Waals surface area contributed by atoms with Crippen molar-refractivity contribution in [2.75, 3.05) is 27.4 Å². The van der Waals surface area contributed by atoms with Crippen LogP contribution in [0.4, 0.5) is 0 Å². The Labute approximate surface area is 175 Å². The molecule has 3 aromatic rings. The minimum Gasteiger partial charge on any atom is -0.496 e. The van der Waals surface area contributed by atoms with Crippen LogP contribution in [0, 0.1) is 0 Å². The molecule has 0 amide bonds. The Morgan fingerprint density at radius 3 is 2.43 bits per heavy atom. The first-order chi connectivity index (χ1) is 14.6. The molecule has 0 radical (unpaired) electrons. The van der Waals surface area contributed by atoms with Gasteiger partial charge in [0.25, 0.3) is 0 Å². The van der Waals surface area contributed by atoms with Gasteiger partial charge in [-0.3, -0.25) is 4.79 Å². The van der Waals surface area contributed by atoms with Gasteiger partial charge in [0.15, 0.2) is 0 Å². The molecule has 0 aliphatic carbocycles. The molecule has 0 atom stereocenters. The van der Waals surface area contributed by atoms with Crippen LogP contribution in [-0.2, 0) is 16.0 Å². The standard InChI is InChI=1S/C24H24O6/c1-27-10-11-29-20-12-17(14-24(25)26)13-21(16-20)30-19-7-5-6-18(15-19)22-8-3-4-9-23(22)28-2/h3-9,12-13,15-16H,10-11,14H2,1-2H3,(H,25,26). The fourth-order valence-electron chi connectivity index (χ4n) is 3.04. The SMILES string of the molecule is COCCOc1cc(CC(=O)O)cc(Oc2cccc(-c3ccccc3OC)c2)c1. The van der Waals surface area contributed by atoms with Crippen molar-refractivity contribution in [1.82, 2.24) is 0 Å². The molecule has 30 heavy (non-hydrogen) atoms. The first-order valence-electron chi connectivity index (χ1n) is 9.48. The number of carbonyl (C=O) groups is 1. The Bertz CT molecular complexity index is 998. The second-order valence-electron chi connectivity index (χ2n) is 6.55. The molecule has 0 aromatic heterocycles. The first-order valence-corrected chi connectivity index (χ1v) is 9.48. The highest BCUT2D eigenvalue weighted by Gasteiger charge is 2.10. The maximum Gasteiger partial charge on any atom is 0.307 e. The van der Waals surface area contributed by atoms with Crippen molar-refractivity contribution in [3.63, 3.8) is 0 Å². The Balaban J connectivity index is 1.87. The molecular formula is C24H24O6. The highest BCUT2D eigenvalue weighted by atomic mass is 16.5. The minimum absolute atomic E-state index is 0.126. The molecule has 0 aliphatic heterocycles. The maximum absolute atomic E-state index is 11.2. The maximum atomic E-state index is 11.2. The minimum atomic E-state index is -0.923. The third-order valence-electron chi connectivity index (χ3n) is 4.34. The van der Waals surface area contributed by atoms with Crippen molar-refractivity contribution >= 4 is 5.97 Å². The molecule has 0 aliphatic rings. The van der Waals surface area contributed by atoms with Crippen LogP contribution < -0.4 is 14.2 Å². The van der Waals surface area contributed by atoms with E-state index in [1.165, 1.54) is 0 Å². The summed E-state index contributed by atoms with van der Waals surface area (Å²) in [5.74, 6) is 1.49. The summed E-state index contributed by atoms with van der Waals surface area (Å²) in [6, 6.07) is 20.5. The molecule has 0 saturated heterocycles. The van der Waals surface area contributed by atoms with E-state index in [0.717, 1.165) is 16.9 Å². The van der Waals surface area contributed by atoms with Crippen molar-refractivity contribution in [3.05, 3.63) is 72.3 Å². The Kier molecular flexibility index (Phi) is 7.29. The number of hydrogen-bond donors (Lipinski definition) is 1. The van der Waals surface area contributed by atoms with E-state index in [4.69, 9.17) is 24.1 Å². The lowest BCUT2D eigenvalue weighted by Gasteiger charge is -2.13. The molecule has 0 heterocycles. The summed E-state index contributed by atoms with van der Waals surface area (Å²) in [6.07, 6.45) is -0.126. The summed E-state index contributed by atoms with van der Waals surface area (Å²) < 4.78 is 22.1. The van der Waals surface area contributed by atoms with Crippen LogP contribution in [0.25, 0.3) is 11.1 Å². The molecule has 0 spiro atoms. The van der Waals surface area contributed by atoms with Gasteiger partial charge < -0.3 is 24.1 Å². The zero-order valence-electron chi connectivity index (χ0n) is 17.0. The van der Waals surface area contributed by atoms with Gasteiger partial charge >= 0.3 is 5.97 Å². The first kappa shape index (κ1) is 21.2. The van der Waals surface area contributed by atoms with Gasteiger partial charge in [0.2, 0.25) is 0 Å². The molecule has 0 bridgehead atoms. The molecule has 3 rings (SSSR count). The molecule has 1 N–H and O–H groups in total. The fourth-order valence-corrected chi connectivity index (χ4v) is 3.04. The van der Waals surface area contributed by atoms with E-state index in [1.807, 2.05) is 48.5 Å². The van der Waals surface area contributed by atoms with Crippen molar-refractivity contribution in [1.29, 1.82) is 0 Å². The molecule has 6 nitrogen and oxygen atoms in total. The van der Waals surface area contributed by atoms with Crippen LogP contribution >= 0.6 is 0 Å². The van der Waals surface area contributed by atoms with E-state index in [-0.39, 0.29) is 6.42 Å². The predicted molar refractivity (Wildman–Crippen MR) is 114 cm³/mol. The lowest BCUT2D eigenvalue weighted by atomic mass is 10.0. The van der Waals surface area contributed by atoms with Crippen molar-refractivity contribution in [2.24, 2.45) is 0 Å². The van der Waals surface area contributed by atoms with E-state index in [9.17, 15) is 4.79 Å². The van der Waals surface area contributed by atoms with Crippen molar-refractivity contribution in [2.45, 2.75) is 6.42 Å². The largest absolute Gasteiger partial charge is 0.496 e. The number of benzene rings is 3. The highest BCUT2D eigenvalue weighted by molar-refractivity contribution is 5.72. The zero-order chi connectivity index (χ0) is 21.3. The summed E-state index contributed by atoms with van der Waals surface area (Å²) in [7, 11) is 3.23. The second-order valence-corrected chi connectivity index (χ2v) is 6.55. The van der Waals surface area contributed by atoms with Gasteiger partial charge in [-0.1, -0.05) is 30.3 Å². The number of hydrogen-bond acceptors (Lipinski definition) is 5. The molecular weight excluding hydrogens is 384 g/mol. The number of ether oxygens (including phenoxy) is 4. The summed E-state index contributed by atoms with van der Waals surface area (Å²) in [4.78, 5) is 11.2. The topological polar surface area (TPSA) is 74.2 Å². The monoisotopic (exact) mass is 408 g/mol. The smallest absolute Gasteiger partial charge is 0.307 e. The summed E-state index contributed by atoms with van der Waals surface area (Å²) in [6.45, 7) is 0.788. The summed E-state index contributed by atoms with van der Waals surface area (Å²) >= 11 is 0. The Morgan fingerprint density at radius 1 is 0.867 bits per heavy atom. The normalized spacial score (nSPS) is 10.5. The number of aliphatic carboxylic acids is 1. The van der Waals surface area contributed by atoms with Crippen LogP contribution in [-0.4, -0.2) is 38.5 Å². The molecule has 0 fully saturated rings. The Hall–Kier alpha value is -3.51. The van der Waals surface area contributed by atoms with Gasteiger partial charge in [0.1, 0.15) is 29.6 Å². The third-order valence-corrected chi connectivity index (χ3v) is 4.34.